The standard InChI is InChI=1S/C37H55N3O6/c1-12-26(5)40(33(42)29(22-24(2)3)39-35(44)46-37(9,10)11)31(28-21-17-16-18-25(28)4)32(41)38-30(34(43)45-36(6,7)8)23-27-19-14-13-15-20-27/h13-21,24,26,29-31H,12,22-23H2,1-11H3,(H,38,41)(H,39,44). The molecule has 0 aliphatic rings. The van der Waals surface area contributed by atoms with Gasteiger partial charge in [0, 0.05) is 12.5 Å². The molecule has 2 rings (SSSR count). The molecule has 0 aromatic heterocycles. The summed E-state index contributed by atoms with van der Waals surface area (Å²) in [5, 5.41) is 5.74. The van der Waals surface area contributed by atoms with Crippen molar-refractivity contribution in [1.29, 1.82) is 0 Å². The van der Waals surface area contributed by atoms with Crippen LogP contribution in [0.15, 0.2) is 54.6 Å². The van der Waals surface area contributed by atoms with Crippen molar-refractivity contribution < 1.29 is 28.7 Å². The zero-order valence-electron chi connectivity index (χ0n) is 29.6. The lowest BCUT2D eigenvalue weighted by Crippen LogP contribution is -2.57. The fourth-order valence-electron chi connectivity index (χ4n) is 5.10. The highest BCUT2D eigenvalue weighted by molar-refractivity contribution is 5.94. The van der Waals surface area contributed by atoms with Gasteiger partial charge in [-0.25, -0.2) is 9.59 Å². The molecule has 9 nitrogen and oxygen atoms in total. The van der Waals surface area contributed by atoms with Gasteiger partial charge in [0.05, 0.1) is 0 Å². The summed E-state index contributed by atoms with van der Waals surface area (Å²) >= 11 is 0. The van der Waals surface area contributed by atoms with Gasteiger partial charge in [-0.3, -0.25) is 9.59 Å². The van der Waals surface area contributed by atoms with Crippen LogP contribution in [0.25, 0.3) is 0 Å². The van der Waals surface area contributed by atoms with Crippen molar-refractivity contribution in [3.63, 3.8) is 0 Å². The summed E-state index contributed by atoms with van der Waals surface area (Å²) in [4.78, 5) is 57.1. The van der Waals surface area contributed by atoms with Crippen molar-refractivity contribution in [1.82, 2.24) is 15.5 Å². The Kier molecular flexibility index (Phi) is 13.8. The number of carbonyl (C=O) groups excluding carboxylic acids is 4. The Labute approximate surface area is 275 Å². The molecule has 0 radical (unpaired) electrons. The van der Waals surface area contributed by atoms with E-state index in [1.165, 1.54) is 0 Å². The van der Waals surface area contributed by atoms with E-state index in [9.17, 15) is 19.2 Å². The lowest BCUT2D eigenvalue weighted by molar-refractivity contribution is -0.159. The summed E-state index contributed by atoms with van der Waals surface area (Å²) in [6, 6.07) is 13.3. The van der Waals surface area contributed by atoms with Gasteiger partial charge < -0.3 is 25.0 Å². The number of hydrogen-bond acceptors (Lipinski definition) is 6. The summed E-state index contributed by atoms with van der Waals surface area (Å²) in [7, 11) is 0. The Morgan fingerprint density at radius 3 is 1.87 bits per heavy atom. The lowest BCUT2D eigenvalue weighted by Gasteiger charge is -2.39. The van der Waals surface area contributed by atoms with Gasteiger partial charge in [-0.15, -0.1) is 0 Å². The van der Waals surface area contributed by atoms with Gasteiger partial charge in [0.25, 0.3) is 0 Å². The highest BCUT2D eigenvalue weighted by Gasteiger charge is 2.40. The minimum atomic E-state index is -1.10. The maximum atomic E-state index is 14.6. The first kappa shape index (κ1) is 38.3. The topological polar surface area (TPSA) is 114 Å². The molecule has 0 spiro atoms. The number of rotatable bonds is 13. The van der Waals surface area contributed by atoms with Gasteiger partial charge in [-0.2, -0.15) is 0 Å². The monoisotopic (exact) mass is 637 g/mol. The second-order valence-electron chi connectivity index (χ2n) is 14.4. The molecular formula is C37H55N3O6. The third kappa shape index (κ3) is 12.1. The second kappa shape index (κ2) is 16.6. The van der Waals surface area contributed by atoms with Gasteiger partial charge in [0.1, 0.15) is 29.3 Å². The van der Waals surface area contributed by atoms with E-state index < -0.39 is 59.2 Å². The van der Waals surface area contributed by atoms with Crippen LogP contribution in [0.2, 0.25) is 0 Å². The maximum Gasteiger partial charge on any atom is 0.408 e. The number of ether oxygens (including phenoxy) is 2. The fraction of sp³-hybridized carbons (Fsp3) is 0.568. The Hall–Kier alpha value is -3.88. The molecule has 254 valence electrons. The molecule has 9 heteroatoms. The van der Waals surface area contributed by atoms with E-state index in [2.05, 4.69) is 10.6 Å². The lowest BCUT2D eigenvalue weighted by atomic mass is 9.94. The van der Waals surface area contributed by atoms with E-state index in [1.54, 1.807) is 46.4 Å². The molecule has 4 atom stereocenters. The number of aryl methyl sites for hydroxylation is 1. The van der Waals surface area contributed by atoms with E-state index in [1.807, 2.05) is 89.2 Å². The van der Waals surface area contributed by atoms with E-state index >= 15 is 0 Å². The van der Waals surface area contributed by atoms with Crippen molar-refractivity contribution >= 4 is 23.9 Å². The summed E-state index contributed by atoms with van der Waals surface area (Å²) < 4.78 is 11.2. The molecule has 3 amide bonds. The van der Waals surface area contributed by atoms with Crippen LogP contribution in [0, 0.1) is 12.8 Å². The van der Waals surface area contributed by atoms with Gasteiger partial charge in [0.2, 0.25) is 11.8 Å². The highest BCUT2D eigenvalue weighted by Crippen LogP contribution is 2.30. The average Bonchev–Trinajstić information content (AvgIpc) is 2.93. The molecule has 0 fully saturated rings. The molecule has 0 saturated carbocycles. The predicted molar refractivity (Wildman–Crippen MR) is 181 cm³/mol. The van der Waals surface area contributed by atoms with Crippen molar-refractivity contribution in [2.45, 2.75) is 131 Å². The van der Waals surface area contributed by atoms with E-state index in [0.717, 1.165) is 11.1 Å². The Bertz CT molecular complexity index is 1310. The van der Waals surface area contributed by atoms with Crippen molar-refractivity contribution in [2.24, 2.45) is 5.92 Å². The molecule has 0 bridgehead atoms. The van der Waals surface area contributed by atoms with Gasteiger partial charge in [0.15, 0.2) is 0 Å². The molecule has 0 heterocycles. The second-order valence-corrected chi connectivity index (χ2v) is 14.4. The van der Waals surface area contributed by atoms with Crippen LogP contribution in [0.5, 0.6) is 0 Å². The first-order chi connectivity index (χ1) is 21.3. The number of esters is 1. The van der Waals surface area contributed by atoms with Crippen LogP contribution in [-0.4, -0.2) is 58.1 Å². The summed E-state index contributed by atoms with van der Waals surface area (Å²) in [5.41, 5.74) is 0.741. The van der Waals surface area contributed by atoms with Crippen molar-refractivity contribution in [3.8, 4) is 0 Å². The molecule has 2 N–H and O–H groups in total. The Balaban J connectivity index is 2.65. The van der Waals surface area contributed by atoms with Gasteiger partial charge in [-0.1, -0.05) is 75.4 Å². The van der Waals surface area contributed by atoms with E-state index in [-0.39, 0.29) is 12.3 Å². The van der Waals surface area contributed by atoms with Crippen LogP contribution in [0.1, 0.15) is 105 Å². The molecule has 2 aromatic carbocycles. The van der Waals surface area contributed by atoms with Crippen LogP contribution in [-0.2, 0) is 30.3 Å². The minimum Gasteiger partial charge on any atom is -0.458 e. The van der Waals surface area contributed by atoms with Crippen LogP contribution in [0.4, 0.5) is 4.79 Å². The van der Waals surface area contributed by atoms with Crippen LogP contribution >= 0.6 is 0 Å². The largest absolute Gasteiger partial charge is 0.458 e. The third-order valence-electron chi connectivity index (χ3n) is 7.32. The maximum absolute atomic E-state index is 14.6. The number of amides is 3. The summed E-state index contributed by atoms with van der Waals surface area (Å²) in [5.74, 6) is -1.45. The number of benzene rings is 2. The molecule has 0 aliphatic carbocycles. The SMILES string of the molecule is CCC(C)N(C(=O)C(CC(C)C)NC(=O)OC(C)(C)C)C(C(=O)NC(Cc1ccccc1)C(=O)OC(C)(C)C)c1ccccc1C. The third-order valence-corrected chi connectivity index (χ3v) is 7.32. The zero-order valence-corrected chi connectivity index (χ0v) is 29.6. The highest BCUT2D eigenvalue weighted by atomic mass is 16.6. The molecule has 0 aliphatic heterocycles. The smallest absolute Gasteiger partial charge is 0.408 e. The molecule has 2 aromatic rings. The number of nitrogens with one attached hydrogen (secondary N) is 2. The zero-order chi connectivity index (χ0) is 34.8. The van der Waals surface area contributed by atoms with E-state index in [4.69, 9.17) is 9.47 Å². The molecule has 4 unspecified atom stereocenters. The average molecular weight is 638 g/mol. The molecule has 46 heavy (non-hydrogen) atoms. The van der Waals surface area contributed by atoms with E-state index in [0.29, 0.717) is 18.4 Å². The Morgan fingerprint density at radius 2 is 1.35 bits per heavy atom. The summed E-state index contributed by atoms with van der Waals surface area (Å²) in [6.07, 6.45) is 0.374. The normalized spacial score (nSPS) is 14.4. The van der Waals surface area contributed by atoms with Gasteiger partial charge in [-0.05, 0) is 90.8 Å². The van der Waals surface area contributed by atoms with Gasteiger partial charge >= 0.3 is 12.1 Å². The minimum absolute atomic E-state index is 0.0517. The molecule has 0 saturated heterocycles. The number of hydrogen-bond donors (Lipinski definition) is 2. The Morgan fingerprint density at radius 1 is 0.783 bits per heavy atom. The number of alkyl carbamates (subject to hydrolysis) is 1. The number of nitrogens with zero attached hydrogens (tertiary/aromatic N) is 1. The number of carbonyl (C=O) groups is 4. The summed E-state index contributed by atoms with van der Waals surface area (Å²) in [6.45, 7) is 20.2. The van der Waals surface area contributed by atoms with Crippen molar-refractivity contribution in [3.05, 3.63) is 71.3 Å². The first-order valence-electron chi connectivity index (χ1n) is 16.3. The molecular weight excluding hydrogens is 582 g/mol. The van der Waals surface area contributed by atoms with Crippen LogP contribution < -0.4 is 10.6 Å². The quantitative estimate of drug-likeness (QED) is 0.237. The predicted octanol–water partition coefficient (Wildman–Crippen LogP) is 6.67. The fourth-order valence-corrected chi connectivity index (χ4v) is 5.10. The van der Waals surface area contributed by atoms with Crippen LogP contribution in [0.3, 0.4) is 0 Å². The van der Waals surface area contributed by atoms with Crippen molar-refractivity contribution in [2.75, 3.05) is 0 Å². The first-order valence-corrected chi connectivity index (χ1v) is 16.3.